The van der Waals surface area contributed by atoms with E-state index in [0.29, 0.717) is 13.2 Å². The van der Waals surface area contributed by atoms with E-state index in [4.69, 9.17) is 9.47 Å². The highest BCUT2D eigenvalue weighted by atomic mass is 16.5. The van der Waals surface area contributed by atoms with E-state index in [2.05, 4.69) is 56.3 Å². The van der Waals surface area contributed by atoms with Crippen molar-refractivity contribution in [3.63, 3.8) is 0 Å². The van der Waals surface area contributed by atoms with Crippen LogP contribution in [0.5, 0.6) is 11.5 Å². The summed E-state index contributed by atoms with van der Waals surface area (Å²) >= 11 is 0. The van der Waals surface area contributed by atoms with E-state index in [9.17, 15) is 0 Å². The highest BCUT2D eigenvalue weighted by molar-refractivity contribution is 5.83. The summed E-state index contributed by atoms with van der Waals surface area (Å²) in [4.78, 5) is 0. The zero-order chi connectivity index (χ0) is 15.4. The lowest BCUT2D eigenvalue weighted by atomic mass is 10.1. The van der Waals surface area contributed by atoms with Crippen molar-refractivity contribution in [2.24, 2.45) is 0 Å². The van der Waals surface area contributed by atoms with Crippen molar-refractivity contribution in [3.05, 3.63) is 71.8 Å². The molecule has 2 nitrogen and oxygen atoms in total. The molecule has 0 aromatic heterocycles. The molecule has 0 fully saturated rings. The third-order valence-corrected chi connectivity index (χ3v) is 3.67. The van der Waals surface area contributed by atoms with Crippen LogP contribution in [0.25, 0.3) is 10.8 Å². The number of benzene rings is 3. The normalized spacial score (nSPS) is 10.6. The molecule has 3 aromatic rings. The molecule has 0 saturated carbocycles. The van der Waals surface area contributed by atoms with Gasteiger partial charge in [-0.05, 0) is 53.9 Å². The Bertz CT molecular complexity index is 778. The molecule has 0 N–H and O–H groups in total. The lowest BCUT2D eigenvalue weighted by Gasteiger charge is -2.11. The first kappa shape index (κ1) is 14.5. The third kappa shape index (κ3) is 3.40. The highest BCUT2D eigenvalue weighted by Gasteiger charge is 2.01. The van der Waals surface area contributed by atoms with Crippen LogP contribution in [0, 0.1) is 13.8 Å². The van der Waals surface area contributed by atoms with Crippen molar-refractivity contribution < 1.29 is 9.47 Å². The van der Waals surface area contributed by atoms with Gasteiger partial charge < -0.3 is 9.47 Å². The van der Waals surface area contributed by atoms with Gasteiger partial charge in [0.15, 0.2) is 0 Å². The standard InChI is InChI=1S/C20H20O2/c1-15-7-8-16(2)20(13-15)22-12-11-21-19-10-9-17-5-3-4-6-18(17)14-19/h3-10,13-14H,11-12H2,1-2H3. The average Bonchev–Trinajstić information content (AvgIpc) is 2.54. The van der Waals surface area contributed by atoms with Gasteiger partial charge in [0.25, 0.3) is 0 Å². The molecule has 0 aliphatic rings. The van der Waals surface area contributed by atoms with Crippen LogP contribution in [0.1, 0.15) is 11.1 Å². The van der Waals surface area contributed by atoms with E-state index in [-0.39, 0.29) is 0 Å². The maximum Gasteiger partial charge on any atom is 0.122 e. The molecule has 0 atom stereocenters. The van der Waals surface area contributed by atoms with Crippen LogP contribution in [0.3, 0.4) is 0 Å². The van der Waals surface area contributed by atoms with Gasteiger partial charge in [-0.25, -0.2) is 0 Å². The summed E-state index contributed by atoms with van der Waals surface area (Å²) in [7, 11) is 0. The third-order valence-electron chi connectivity index (χ3n) is 3.67. The zero-order valence-electron chi connectivity index (χ0n) is 13.0. The van der Waals surface area contributed by atoms with Crippen molar-refractivity contribution in [3.8, 4) is 11.5 Å². The molecule has 3 rings (SSSR count). The van der Waals surface area contributed by atoms with Gasteiger partial charge in [0.1, 0.15) is 24.7 Å². The molecule has 0 radical (unpaired) electrons. The first-order valence-corrected chi connectivity index (χ1v) is 7.54. The van der Waals surface area contributed by atoms with Crippen LogP contribution >= 0.6 is 0 Å². The monoisotopic (exact) mass is 292 g/mol. The molecular formula is C20H20O2. The van der Waals surface area contributed by atoms with E-state index in [1.807, 2.05) is 18.2 Å². The van der Waals surface area contributed by atoms with Crippen LogP contribution in [0.15, 0.2) is 60.7 Å². The molecule has 112 valence electrons. The van der Waals surface area contributed by atoms with Crippen molar-refractivity contribution in [1.82, 2.24) is 0 Å². The number of rotatable bonds is 5. The molecule has 22 heavy (non-hydrogen) atoms. The minimum Gasteiger partial charge on any atom is -0.490 e. The van der Waals surface area contributed by atoms with E-state index < -0.39 is 0 Å². The second kappa shape index (κ2) is 6.52. The van der Waals surface area contributed by atoms with Crippen LogP contribution < -0.4 is 9.47 Å². The molecule has 0 aliphatic heterocycles. The van der Waals surface area contributed by atoms with Crippen molar-refractivity contribution in [1.29, 1.82) is 0 Å². The number of ether oxygens (including phenoxy) is 2. The second-order valence-corrected chi connectivity index (χ2v) is 5.47. The second-order valence-electron chi connectivity index (χ2n) is 5.47. The first-order valence-electron chi connectivity index (χ1n) is 7.54. The Kier molecular flexibility index (Phi) is 4.29. The zero-order valence-corrected chi connectivity index (χ0v) is 13.0. The Morgan fingerprint density at radius 1 is 0.727 bits per heavy atom. The van der Waals surface area contributed by atoms with Gasteiger partial charge in [-0.2, -0.15) is 0 Å². The fourth-order valence-corrected chi connectivity index (χ4v) is 2.43. The smallest absolute Gasteiger partial charge is 0.122 e. The molecule has 0 heterocycles. The Labute approximate surface area is 131 Å². The summed E-state index contributed by atoms with van der Waals surface area (Å²) in [5.41, 5.74) is 2.35. The van der Waals surface area contributed by atoms with Gasteiger partial charge >= 0.3 is 0 Å². The summed E-state index contributed by atoms with van der Waals surface area (Å²) in [6.07, 6.45) is 0. The van der Waals surface area contributed by atoms with Crippen molar-refractivity contribution in [2.75, 3.05) is 13.2 Å². The Morgan fingerprint density at radius 2 is 1.50 bits per heavy atom. The van der Waals surface area contributed by atoms with E-state index in [0.717, 1.165) is 17.1 Å². The Balaban J connectivity index is 1.57. The summed E-state index contributed by atoms with van der Waals surface area (Å²) < 4.78 is 11.6. The van der Waals surface area contributed by atoms with Crippen molar-refractivity contribution in [2.45, 2.75) is 13.8 Å². The van der Waals surface area contributed by atoms with Gasteiger partial charge in [0.2, 0.25) is 0 Å². The number of hydrogen-bond donors (Lipinski definition) is 0. The summed E-state index contributed by atoms with van der Waals surface area (Å²) in [5, 5.41) is 2.41. The minimum absolute atomic E-state index is 0.533. The molecule has 0 saturated heterocycles. The summed E-state index contributed by atoms with van der Waals surface area (Å²) in [6, 6.07) is 20.6. The molecule has 0 unspecified atom stereocenters. The van der Waals surface area contributed by atoms with Gasteiger partial charge in [-0.1, -0.05) is 42.5 Å². The predicted octanol–water partition coefficient (Wildman–Crippen LogP) is 4.91. The fraction of sp³-hybridized carbons (Fsp3) is 0.200. The van der Waals surface area contributed by atoms with Crippen LogP contribution in [0.4, 0.5) is 0 Å². The summed E-state index contributed by atoms with van der Waals surface area (Å²) in [5.74, 6) is 1.81. The molecule has 0 bridgehead atoms. The van der Waals surface area contributed by atoms with Crippen LogP contribution in [-0.4, -0.2) is 13.2 Å². The topological polar surface area (TPSA) is 18.5 Å². The maximum atomic E-state index is 5.80. The lowest BCUT2D eigenvalue weighted by Crippen LogP contribution is -2.09. The first-order chi connectivity index (χ1) is 10.7. The number of hydrogen-bond acceptors (Lipinski definition) is 2. The molecular weight excluding hydrogens is 272 g/mol. The molecule has 0 spiro atoms. The van der Waals surface area contributed by atoms with E-state index in [1.54, 1.807) is 0 Å². The van der Waals surface area contributed by atoms with Gasteiger partial charge in [0, 0.05) is 0 Å². The summed E-state index contributed by atoms with van der Waals surface area (Å²) in [6.45, 7) is 5.19. The number of aryl methyl sites for hydroxylation is 2. The SMILES string of the molecule is Cc1ccc(C)c(OCCOc2ccc3ccccc3c2)c1. The van der Waals surface area contributed by atoms with Crippen LogP contribution in [-0.2, 0) is 0 Å². The van der Waals surface area contributed by atoms with Crippen LogP contribution in [0.2, 0.25) is 0 Å². The molecule has 0 aliphatic carbocycles. The molecule has 0 amide bonds. The maximum absolute atomic E-state index is 5.80. The number of fused-ring (bicyclic) bond motifs is 1. The highest BCUT2D eigenvalue weighted by Crippen LogP contribution is 2.21. The van der Waals surface area contributed by atoms with Gasteiger partial charge in [0.05, 0.1) is 0 Å². The van der Waals surface area contributed by atoms with E-state index >= 15 is 0 Å². The largest absolute Gasteiger partial charge is 0.490 e. The van der Waals surface area contributed by atoms with Crippen molar-refractivity contribution >= 4 is 10.8 Å². The molecule has 3 aromatic carbocycles. The lowest BCUT2D eigenvalue weighted by molar-refractivity contribution is 0.216. The van der Waals surface area contributed by atoms with E-state index in [1.165, 1.54) is 16.3 Å². The fourth-order valence-electron chi connectivity index (χ4n) is 2.43. The van der Waals surface area contributed by atoms with Gasteiger partial charge in [-0.15, -0.1) is 0 Å². The minimum atomic E-state index is 0.533. The van der Waals surface area contributed by atoms with Gasteiger partial charge in [-0.3, -0.25) is 0 Å². The average molecular weight is 292 g/mol. The quantitative estimate of drug-likeness (QED) is 0.622. The molecule has 2 heteroatoms. The predicted molar refractivity (Wildman–Crippen MR) is 90.9 cm³/mol. The Morgan fingerprint density at radius 3 is 2.36 bits per heavy atom. The Hall–Kier alpha value is -2.48.